The van der Waals surface area contributed by atoms with Crippen LogP contribution in [-0.2, 0) is 23.2 Å². The first-order chi connectivity index (χ1) is 10.1. The van der Waals surface area contributed by atoms with E-state index in [9.17, 15) is 8.42 Å². The Morgan fingerprint density at radius 2 is 2.19 bits per heavy atom. The maximum atomic E-state index is 11.7. The van der Waals surface area contributed by atoms with Crippen LogP contribution in [-0.4, -0.2) is 33.8 Å². The van der Waals surface area contributed by atoms with Gasteiger partial charge in [0.2, 0.25) is 10.0 Å². The summed E-state index contributed by atoms with van der Waals surface area (Å²) in [4.78, 5) is 0. The van der Waals surface area contributed by atoms with Crippen molar-refractivity contribution in [2.45, 2.75) is 31.2 Å². The monoisotopic (exact) mass is 308 g/mol. The molecule has 0 radical (unpaired) electrons. The van der Waals surface area contributed by atoms with Gasteiger partial charge < -0.3 is 5.11 Å². The summed E-state index contributed by atoms with van der Waals surface area (Å²) in [6.45, 7) is 0.0924. The minimum Gasteiger partial charge on any atom is -0.392 e. The normalized spacial score (nSPS) is 15.3. The van der Waals surface area contributed by atoms with E-state index in [0.717, 1.165) is 24.1 Å². The van der Waals surface area contributed by atoms with Crippen LogP contribution < -0.4 is 4.72 Å². The summed E-state index contributed by atoms with van der Waals surface area (Å²) in [5, 5.41) is 16.8. The van der Waals surface area contributed by atoms with Crippen molar-refractivity contribution >= 4 is 10.0 Å². The number of aromatic nitrogens is 3. The molecular formula is C13H16N4O3S. The Balaban J connectivity index is 1.71. The fourth-order valence-corrected chi connectivity index (χ4v) is 3.32. The molecule has 0 aliphatic heterocycles. The molecule has 0 spiro atoms. The summed E-state index contributed by atoms with van der Waals surface area (Å²) in [7, 11) is -3.21. The molecule has 1 saturated carbocycles. The lowest BCUT2D eigenvalue weighted by molar-refractivity contribution is 0.282. The molecule has 2 aromatic rings. The SMILES string of the molecule is O=S(=O)(NCc1cn(-c2cccc(CO)c2)nn1)C1CC1. The summed E-state index contributed by atoms with van der Waals surface area (Å²) in [5.74, 6) is 0. The van der Waals surface area contributed by atoms with Gasteiger partial charge in [0, 0.05) is 0 Å². The summed E-state index contributed by atoms with van der Waals surface area (Å²) in [5.41, 5.74) is 2.10. The van der Waals surface area contributed by atoms with Gasteiger partial charge in [-0.15, -0.1) is 5.10 Å². The van der Waals surface area contributed by atoms with Crippen molar-refractivity contribution in [2.75, 3.05) is 0 Å². The van der Waals surface area contributed by atoms with E-state index in [1.807, 2.05) is 18.2 Å². The lowest BCUT2D eigenvalue weighted by Gasteiger charge is -2.03. The van der Waals surface area contributed by atoms with Gasteiger partial charge in [0.25, 0.3) is 0 Å². The number of nitrogens with one attached hydrogen (secondary N) is 1. The third-order valence-corrected chi connectivity index (χ3v) is 5.21. The second kappa shape index (κ2) is 5.55. The third kappa shape index (κ3) is 3.29. The molecule has 0 atom stereocenters. The van der Waals surface area contributed by atoms with Crippen LogP contribution in [0.4, 0.5) is 0 Å². The number of rotatable bonds is 6. The second-order valence-corrected chi connectivity index (χ2v) is 7.09. The van der Waals surface area contributed by atoms with Gasteiger partial charge in [-0.25, -0.2) is 17.8 Å². The minimum absolute atomic E-state index is 0.0451. The largest absolute Gasteiger partial charge is 0.392 e. The van der Waals surface area contributed by atoms with E-state index in [1.165, 1.54) is 0 Å². The Morgan fingerprint density at radius 1 is 1.38 bits per heavy atom. The zero-order chi connectivity index (χ0) is 14.9. The summed E-state index contributed by atoms with van der Waals surface area (Å²) >= 11 is 0. The molecule has 1 aromatic heterocycles. The Hall–Kier alpha value is -1.77. The minimum atomic E-state index is -3.21. The van der Waals surface area contributed by atoms with Crippen LogP contribution >= 0.6 is 0 Å². The number of hydrogen-bond donors (Lipinski definition) is 2. The standard InChI is InChI=1S/C13H16N4O3S/c18-9-10-2-1-3-12(6-10)17-8-11(15-16-17)7-14-21(19,20)13-4-5-13/h1-3,6,8,13-14,18H,4-5,7,9H2. The predicted molar refractivity (Wildman–Crippen MR) is 76.1 cm³/mol. The molecule has 1 fully saturated rings. The highest BCUT2D eigenvalue weighted by Gasteiger charge is 2.35. The van der Waals surface area contributed by atoms with Crippen molar-refractivity contribution in [2.24, 2.45) is 0 Å². The lowest BCUT2D eigenvalue weighted by Crippen LogP contribution is -2.26. The molecule has 3 rings (SSSR count). The number of aliphatic hydroxyl groups is 1. The van der Waals surface area contributed by atoms with E-state index in [2.05, 4.69) is 15.0 Å². The second-order valence-electron chi connectivity index (χ2n) is 5.05. The van der Waals surface area contributed by atoms with Crippen molar-refractivity contribution in [1.29, 1.82) is 0 Å². The quantitative estimate of drug-likeness (QED) is 0.802. The van der Waals surface area contributed by atoms with Crippen LogP contribution in [0, 0.1) is 0 Å². The van der Waals surface area contributed by atoms with Gasteiger partial charge in [-0.1, -0.05) is 17.3 Å². The summed E-state index contributed by atoms with van der Waals surface area (Å²) in [6.07, 6.45) is 3.14. The molecule has 1 aliphatic carbocycles. The van der Waals surface area contributed by atoms with Crippen LogP contribution in [0.2, 0.25) is 0 Å². The Bertz CT molecular complexity index is 737. The van der Waals surface area contributed by atoms with Gasteiger partial charge in [0.1, 0.15) is 0 Å². The lowest BCUT2D eigenvalue weighted by atomic mass is 10.2. The van der Waals surface area contributed by atoms with E-state index >= 15 is 0 Å². The number of aliphatic hydroxyl groups excluding tert-OH is 1. The highest BCUT2D eigenvalue weighted by atomic mass is 32.2. The first-order valence-corrected chi connectivity index (χ1v) is 8.23. The van der Waals surface area contributed by atoms with Gasteiger partial charge in [-0.3, -0.25) is 0 Å². The fourth-order valence-electron chi connectivity index (χ4n) is 1.97. The molecule has 8 heteroatoms. The molecule has 0 unspecified atom stereocenters. The van der Waals surface area contributed by atoms with Crippen molar-refractivity contribution < 1.29 is 13.5 Å². The highest BCUT2D eigenvalue weighted by Crippen LogP contribution is 2.27. The zero-order valence-corrected chi connectivity index (χ0v) is 12.1. The first kappa shape index (κ1) is 14.2. The molecule has 21 heavy (non-hydrogen) atoms. The summed E-state index contributed by atoms with van der Waals surface area (Å²) < 4.78 is 27.6. The van der Waals surface area contributed by atoms with Crippen LogP contribution in [0.5, 0.6) is 0 Å². The average Bonchev–Trinajstić information content (AvgIpc) is 3.25. The molecule has 1 aliphatic rings. The van der Waals surface area contributed by atoms with Crippen molar-refractivity contribution in [3.8, 4) is 5.69 Å². The number of nitrogens with zero attached hydrogens (tertiary/aromatic N) is 3. The van der Waals surface area contributed by atoms with Crippen LogP contribution in [0.15, 0.2) is 30.5 Å². The molecule has 0 saturated heterocycles. The van der Waals surface area contributed by atoms with Gasteiger partial charge >= 0.3 is 0 Å². The van der Waals surface area contributed by atoms with Crippen molar-refractivity contribution in [3.63, 3.8) is 0 Å². The number of sulfonamides is 1. The van der Waals surface area contributed by atoms with Crippen LogP contribution in [0.25, 0.3) is 5.69 Å². The van der Waals surface area contributed by atoms with Crippen LogP contribution in [0.1, 0.15) is 24.1 Å². The molecule has 0 bridgehead atoms. The molecule has 7 nitrogen and oxygen atoms in total. The van der Waals surface area contributed by atoms with E-state index in [-0.39, 0.29) is 18.4 Å². The van der Waals surface area contributed by atoms with Gasteiger partial charge in [-0.05, 0) is 30.5 Å². The number of hydrogen-bond acceptors (Lipinski definition) is 5. The molecular weight excluding hydrogens is 292 g/mol. The topological polar surface area (TPSA) is 97.1 Å². The fraction of sp³-hybridized carbons (Fsp3) is 0.385. The maximum absolute atomic E-state index is 11.7. The van der Waals surface area contributed by atoms with Gasteiger partial charge in [-0.2, -0.15) is 0 Å². The first-order valence-electron chi connectivity index (χ1n) is 6.68. The van der Waals surface area contributed by atoms with Crippen molar-refractivity contribution in [1.82, 2.24) is 19.7 Å². The smallest absolute Gasteiger partial charge is 0.214 e. The zero-order valence-electron chi connectivity index (χ0n) is 11.3. The third-order valence-electron chi connectivity index (χ3n) is 3.32. The molecule has 1 aromatic carbocycles. The Morgan fingerprint density at radius 3 is 2.90 bits per heavy atom. The Kier molecular flexibility index (Phi) is 3.75. The number of benzene rings is 1. The van der Waals surface area contributed by atoms with Crippen molar-refractivity contribution in [3.05, 3.63) is 41.7 Å². The van der Waals surface area contributed by atoms with E-state index in [0.29, 0.717) is 5.69 Å². The molecule has 1 heterocycles. The van der Waals surface area contributed by atoms with Crippen LogP contribution in [0.3, 0.4) is 0 Å². The predicted octanol–water partition coefficient (Wildman–Crippen LogP) is 0.341. The molecule has 2 N–H and O–H groups in total. The average molecular weight is 308 g/mol. The Labute approximate surface area is 122 Å². The highest BCUT2D eigenvalue weighted by molar-refractivity contribution is 7.90. The molecule has 0 amide bonds. The maximum Gasteiger partial charge on any atom is 0.214 e. The molecule has 112 valence electrons. The van der Waals surface area contributed by atoms with Gasteiger partial charge in [0.15, 0.2) is 0 Å². The van der Waals surface area contributed by atoms with E-state index < -0.39 is 10.0 Å². The summed E-state index contributed by atoms with van der Waals surface area (Å²) in [6, 6.07) is 7.27. The van der Waals surface area contributed by atoms with Gasteiger partial charge in [0.05, 0.1) is 36.0 Å². The van der Waals surface area contributed by atoms with E-state index in [4.69, 9.17) is 5.11 Å². The van der Waals surface area contributed by atoms with E-state index in [1.54, 1.807) is 16.9 Å².